The van der Waals surface area contributed by atoms with Crippen LogP contribution in [-0.2, 0) is 24.4 Å². The predicted molar refractivity (Wildman–Crippen MR) is 132 cm³/mol. The van der Waals surface area contributed by atoms with Crippen LogP contribution in [-0.4, -0.2) is 46.9 Å². The Balaban J connectivity index is 1.28. The smallest absolute Gasteiger partial charge is 0.261 e. The molecule has 0 spiro atoms. The van der Waals surface area contributed by atoms with Gasteiger partial charge in [-0.05, 0) is 41.8 Å². The van der Waals surface area contributed by atoms with Gasteiger partial charge < -0.3 is 10.1 Å². The van der Waals surface area contributed by atoms with Crippen molar-refractivity contribution in [1.82, 2.24) is 20.0 Å². The lowest BCUT2D eigenvalue weighted by atomic mass is 10.1. The van der Waals surface area contributed by atoms with Crippen molar-refractivity contribution < 1.29 is 13.9 Å². The highest BCUT2D eigenvalue weighted by Crippen LogP contribution is 2.29. The van der Waals surface area contributed by atoms with Crippen LogP contribution in [0.25, 0.3) is 10.2 Å². The van der Waals surface area contributed by atoms with Crippen LogP contribution in [0.1, 0.15) is 32.1 Å². The van der Waals surface area contributed by atoms with E-state index in [4.69, 9.17) is 4.74 Å². The Bertz CT molecular complexity index is 1290. The van der Waals surface area contributed by atoms with Gasteiger partial charge in [0.05, 0.1) is 30.3 Å². The number of halogens is 1. The number of hydrogen-bond donors (Lipinski definition) is 1. The lowest BCUT2D eigenvalue weighted by Crippen LogP contribution is -2.36. The molecule has 0 saturated carbocycles. The number of fused-ring (bicyclic) bond motifs is 1. The Hall–Kier alpha value is -3.07. The first-order valence-electron chi connectivity index (χ1n) is 11.4. The van der Waals surface area contributed by atoms with Crippen molar-refractivity contribution in [2.45, 2.75) is 26.6 Å². The first kappa shape index (κ1) is 22.7. The second kappa shape index (κ2) is 10.0. The Morgan fingerprint density at radius 1 is 1.09 bits per heavy atom. The van der Waals surface area contributed by atoms with Crippen LogP contribution >= 0.6 is 11.3 Å². The fraction of sp³-hybridized carbons (Fsp3) is 0.308. The van der Waals surface area contributed by atoms with Crippen LogP contribution in [0.5, 0.6) is 0 Å². The number of aryl methyl sites for hydroxylation is 1. The van der Waals surface area contributed by atoms with Crippen LogP contribution in [0.2, 0.25) is 0 Å². The molecule has 5 rings (SSSR count). The lowest BCUT2D eigenvalue weighted by Gasteiger charge is -2.27. The molecule has 1 aliphatic heterocycles. The molecule has 3 heterocycles. The van der Waals surface area contributed by atoms with Crippen LogP contribution < -0.4 is 5.32 Å². The normalized spacial score (nSPS) is 14.5. The molecule has 6 nitrogen and oxygen atoms in total. The van der Waals surface area contributed by atoms with E-state index in [1.165, 1.54) is 29.0 Å². The first-order chi connectivity index (χ1) is 16.6. The van der Waals surface area contributed by atoms with Crippen LogP contribution in [0.4, 0.5) is 4.39 Å². The minimum Gasteiger partial charge on any atom is -0.379 e. The van der Waals surface area contributed by atoms with Gasteiger partial charge in [-0.1, -0.05) is 36.4 Å². The summed E-state index contributed by atoms with van der Waals surface area (Å²) >= 11 is 1.44. The van der Waals surface area contributed by atoms with Crippen molar-refractivity contribution in [1.29, 1.82) is 0 Å². The Morgan fingerprint density at radius 3 is 2.59 bits per heavy atom. The number of ether oxygens (including phenoxy) is 1. The average molecular weight is 479 g/mol. The van der Waals surface area contributed by atoms with E-state index in [0.717, 1.165) is 59.9 Å². The van der Waals surface area contributed by atoms with E-state index in [1.807, 2.05) is 29.8 Å². The molecule has 2 aromatic carbocycles. The van der Waals surface area contributed by atoms with Gasteiger partial charge in [-0.3, -0.25) is 14.4 Å². The Kier molecular flexibility index (Phi) is 6.71. The molecule has 1 fully saturated rings. The number of morpholine rings is 1. The van der Waals surface area contributed by atoms with E-state index < -0.39 is 0 Å². The summed E-state index contributed by atoms with van der Waals surface area (Å²) in [7, 11) is 0. The van der Waals surface area contributed by atoms with E-state index >= 15 is 0 Å². The van der Waals surface area contributed by atoms with Gasteiger partial charge >= 0.3 is 0 Å². The minimum absolute atomic E-state index is 0.0879. The highest BCUT2D eigenvalue weighted by atomic mass is 32.1. The van der Waals surface area contributed by atoms with Gasteiger partial charge in [-0.25, -0.2) is 4.39 Å². The molecule has 1 aliphatic rings. The van der Waals surface area contributed by atoms with Gasteiger partial charge in [0.25, 0.3) is 5.91 Å². The zero-order chi connectivity index (χ0) is 23.5. The fourth-order valence-electron chi connectivity index (χ4n) is 4.24. The zero-order valence-electron chi connectivity index (χ0n) is 19.1. The first-order valence-corrected chi connectivity index (χ1v) is 12.2. The molecule has 0 unspecified atom stereocenters. The zero-order valence-corrected chi connectivity index (χ0v) is 19.9. The van der Waals surface area contributed by atoms with E-state index in [2.05, 4.69) is 27.4 Å². The highest BCUT2D eigenvalue weighted by Gasteiger charge is 2.18. The van der Waals surface area contributed by atoms with Gasteiger partial charge in [-0.15, -0.1) is 11.3 Å². The third kappa shape index (κ3) is 5.04. The molecule has 34 heavy (non-hydrogen) atoms. The number of rotatable bonds is 7. The average Bonchev–Trinajstić information content (AvgIpc) is 3.42. The largest absolute Gasteiger partial charge is 0.379 e. The summed E-state index contributed by atoms with van der Waals surface area (Å²) in [5.41, 5.74) is 4.19. The third-order valence-electron chi connectivity index (χ3n) is 6.13. The number of thiophene rings is 1. The number of carbonyl (C=O) groups excluding carboxylic acids is 1. The maximum Gasteiger partial charge on any atom is 0.261 e. The van der Waals surface area contributed by atoms with Gasteiger partial charge in [0, 0.05) is 31.6 Å². The molecular formula is C26H27FN4O2S. The maximum absolute atomic E-state index is 13.2. The number of carbonyl (C=O) groups is 1. The van der Waals surface area contributed by atoms with Crippen LogP contribution in [0.3, 0.4) is 0 Å². The van der Waals surface area contributed by atoms with Gasteiger partial charge in [0.1, 0.15) is 10.6 Å². The second-order valence-electron chi connectivity index (χ2n) is 8.54. The molecule has 1 N–H and O–H groups in total. The molecule has 1 saturated heterocycles. The number of benzene rings is 2. The third-order valence-corrected chi connectivity index (χ3v) is 7.28. The predicted octanol–water partition coefficient (Wildman–Crippen LogP) is 4.36. The maximum atomic E-state index is 13.2. The molecule has 0 atom stereocenters. The highest BCUT2D eigenvalue weighted by molar-refractivity contribution is 7.20. The molecule has 8 heteroatoms. The Morgan fingerprint density at radius 2 is 1.82 bits per heavy atom. The summed E-state index contributed by atoms with van der Waals surface area (Å²) in [6, 6.07) is 16.6. The van der Waals surface area contributed by atoms with Crippen molar-refractivity contribution in [3.63, 3.8) is 0 Å². The molecule has 0 radical (unpaired) electrons. The quantitative estimate of drug-likeness (QED) is 0.429. The summed E-state index contributed by atoms with van der Waals surface area (Å²) in [4.78, 5) is 17.0. The fourth-order valence-corrected chi connectivity index (χ4v) is 5.32. The molecule has 4 aromatic rings. The van der Waals surface area contributed by atoms with E-state index in [1.54, 1.807) is 12.1 Å². The van der Waals surface area contributed by atoms with Gasteiger partial charge in [-0.2, -0.15) is 5.10 Å². The van der Waals surface area contributed by atoms with Crippen molar-refractivity contribution in [2.75, 3.05) is 26.3 Å². The summed E-state index contributed by atoms with van der Waals surface area (Å²) in [6.07, 6.45) is 0. The molecule has 0 bridgehead atoms. The molecule has 176 valence electrons. The van der Waals surface area contributed by atoms with Crippen molar-refractivity contribution in [2.24, 2.45) is 0 Å². The van der Waals surface area contributed by atoms with E-state index in [-0.39, 0.29) is 11.7 Å². The number of aromatic nitrogens is 2. The topological polar surface area (TPSA) is 59.4 Å². The number of nitrogens with zero attached hydrogens (tertiary/aromatic N) is 3. The standard InChI is InChI=1S/C26H27FN4O2S/c1-18-23-14-24(34-26(23)31(29-18)16-19-6-8-22(27)9-7-19)25(32)28-15-20-4-2-3-5-21(20)17-30-10-12-33-13-11-30/h2-9,14H,10-13,15-17H2,1H3,(H,28,32). The summed E-state index contributed by atoms with van der Waals surface area (Å²) < 4.78 is 20.6. The minimum atomic E-state index is -0.257. The summed E-state index contributed by atoms with van der Waals surface area (Å²) in [5, 5.41) is 8.69. The van der Waals surface area contributed by atoms with Crippen molar-refractivity contribution in [3.05, 3.63) is 87.7 Å². The van der Waals surface area contributed by atoms with Crippen LogP contribution in [0, 0.1) is 12.7 Å². The van der Waals surface area contributed by atoms with Crippen LogP contribution in [0.15, 0.2) is 54.6 Å². The summed E-state index contributed by atoms with van der Waals surface area (Å²) in [6.45, 7) is 7.20. The number of hydrogen-bond acceptors (Lipinski definition) is 5. The molecule has 2 aromatic heterocycles. The molecule has 0 aliphatic carbocycles. The second-order valence-corrected chi connectivity index (χ2v) is 9.57. The summed E-state index contributed by atoms with van der Waals surface area (Å²) in [5.74, 6) is -0.345. The van der Waals surface area contributed by atoms with Gasteiger partial charge in [0.2, 0.25) is 0 Å². The van der Waals surface area contributed by atoms with E-state index in [0.29, 0.717) is 18.0 Å². The van der Waals surface area contributed by atoms with Crippen molar-refractivity contribution in [3.8, 4) is 0 Å². The number of nitrogens with one attached hydrogen (secondary N) is 1. The number of amides is 1. The van der Waals surface area contributed by atoms with Gasteiger partial charge in [0.15, 0.2) is 0 Å². The Labute approximate surface area is 202 Å². The molecular weight excluding hydrogens is 451 g/mol. The van der Waals surface area contributed by atoms with Crippen molar-refractivity contribution >= 4 is 27.5 Å². The molecule has 1 amide bonds. The lowest BCUT2D eigenvalue weighted by molar-refractivity contribution is 0.0340. The monoisotopic (exact) mass is 478 g/mol. The SMILES string of the molecule is Cc1nn(Cc2ccc(F)cc2)c2sc(C(=O)NCc3ccccc3CN3CCOCC3)cc12. The van der Waals surface area contributed by atoms with E-state index in [9.17, 15) is 9.18 Å².